The minimum Gasteiger partial charge on any atom is -0.358 e. The van der Waals surface area contributed by atoms with Crippen molar-refractivity contribution in [3.63, 3.8) is 0 Å². The fourth-order valence-electron chi connectivity index (χ4n) is 3.42. The Morgan fingerprint density at radius 3 is 2.63 bits per heavy atom. The van der Waals surface area contributed by atoms with Crippen LogP contribution in [0.2, 0.25) is 0 Å². The number of halogens is 3. The van der Waals surface area contributed by atoms with Gasteiger partial charge in [-0.1, -0.05) is 5.16 Å². The third-order valence-electron chi connectivity index (χ3n) is 5.23. The Labute approximate surface area is 195 Å². The number of nitrogens with one attached hydrogen (secondary N) is 2. The molecule has 1 atom stereocenters. The van der Waals surface area contributed by atoms with E-state index in [0.29, 0.717) is 17.0 Å². The highest BCUT2D eigenvalue weighted by atomic mass is 19.4. The Balaban J connectivity index is 1.32. The van der Waals surface area contributed by atoms with Crippen LogP contribution in [-0.2, 0) is 6.18 Å². The number of hydrogen-bond donors (Lipinski definition) is 2. The second kappa shape index (κ2) is 8.63. The normalized spacial score (nSPS) is 12.6. The fraction of sp³-hybridized carbons (Fsp3) is 0.130. The van der Waals surface area contributed by atoms with Gasteiger partial charge >= 0.3 is 6.18 Å². The summed E-state index contributed by atoms with van der Waals surface area (Å²) < 4.78 is 44.2. The number of benzene rings is 1. The highest BCUT2D eigenvalue weighted by molar-refractivity contribution is 5.93. The van der Waals surface area contributed by atoms with Crippen LogP contribution in [0.4, 0.5) is 13.2 Å². The molecular formula is C23H16F3N7O2. The van der Waals surface area contributed by atoms with Crippen LogP contribution in [0.15, 0.2) is 65.7 Å². The average Bonchev–Trinajstić information content (AvgIpc) is 3.51. The van der Waals surface area contributed by atoms with Crippen LogP contribution in [0.25, 0.3) is 33.8 Å². The Morgan fingerprint density at radius 2 is 1.86 bits per heavy atom. The maximum absolute atomic E-state index is 13.0. The number of H-pyrrole nitrogens is 1. The number of rotatable bonds is 5. The average molecular weight is 479 g/mol. The number of aromatic nitrogens is 6. The van der Waals surface area contributed by atoms with Gasteiger partial charge in [-0.05, 0) is 43.3 Å². The van der Waals surface area contributed by atoms with Gasteiger partial charge in [-0.3, -0.25) is 9.78 Å². The topological polar surface area (TPSA) is 122 Å². The lowest BCUT2D eigenvalue weighted by atomic mass is 10.1. The van der Waals surface area contributed by atoms with Crippen molar-refractivity contribution in [3.8, 4) is 22.8 Å². The first kappa shape index (κ1) is 22.2. The molecule has 176 valence electrons. The van der Waals surface area contributed by atoms with Gasteiger partial charge in [0, 0.05) is 24.0 Å². The molecule has 0 spiro atoms. The molecule has 4 aromatic heterocycles. The molecule has 1 amide bonds. The lowest BCUT2D eigenvalue weighted by molar-refractivity contribution is -0.137. The van der Waals surface area contributed by atoms with Crippen molar-refractivity contribution in [1.29, 1.82) is 0 Å². The maximum Gasteiger partial charge on any atom is 0.416 e. The molecule has 0 aliphatic carbocycles. The number of nitrogens with zero attached hydrogens (tertiary/aromatic N) is 5. The van der Waals surface area contributed by atoms with Crippen molar-refractivity contribution < 1.29 is 22.5 Å². The second-order valence-corrected chi connectivity index (χ2v) is 7.65. The monoisotopic (exact) mass is 479 g/mol. The molecule has 0 aliphatic rings. The highest BCUT2D eigenvalue weighted by Crippen LogP contribution is 2.32. The van der Waals surface area contributed by atoms with E-state index < -0.39 is 23.7 Å². The maximum atomic E-state index is 13.0. The Morgan fingerprint density at radius 1 is 1.06 bits per heavy atom. The van der Waals surface area contributed by atoms with Crippen molar-refractivity contribution >= 4 is 16.9 Å². The molecule has 0 aliphatic heterocycles. The minimum atomic E-state index is -4.46. The van der Waals surface area contributed by atoms with Crippen molar-refractivity contribution in [3.05, 3.63) is 78.2 Å². The van der Waals surface area contributed by atoms with Gasteiger partial charge in [-0.15, -0.1) is 0 Å². The number of imidazole rings is 1. The van der Waals surface area contributed by atoms with E-state index in [1.165, 1.54) is 12.4 Å². The summed E-state index contributed by atoms with van der Waals surface area (Å²) in [6.45, 7) is 1.70. The molecule has 1 aromatic carbocycles. The number of carbonyl (C=O) groups excluding carboxylic acids is 1. The van der Waals surface area contributed by atoms with Gasteiger partial charge in [0.2, 0.25) is 0 Å². The van der Waals surface area contributed by atoms with Crippen LogP contribution in [0.3, 0.4) is 0 Å². The van der Waals surface area contributed by atoms with E-state index in [-0.39, 0.29) is 22.7 Å². The quantitative estimate of drug-likeness (QED) is 0.378. The lowest BCUT2D eigenvalue weighted by Crippen LogP contribution is -2.27. The smallest absolute Gasteiger partial charge is 0.358 e. The summed E-state index contributed by atoms with van der Waals surface area (Å²) in [6.07, 6.45) is 0.0839. The first-order valence-corrected chi connectivity index (χ1v) is 10.4. The van der Waals surface area contributed by atoms with Crippen molar-refractivity contribution in [2.75, 3.05) is 0 Å². The SMILES string of the molecule is C[C@@H](NC(=O)c1cc(-c2ccncc2)ncn1)c1cc(-c2nc3ccc(C(F)(F)F)cc3[nH]2)no1. The second-order valence-electron chi connectivity index (χ2n) is 7.65. The number of alkyl halides is 3. The number of aromatic amines is 1. The first-order valence-electron chi connectivity index (χ1n) is 10.4. The molecule has 0 unspecified atom stereocenters. The molecular weight excluding hydrogens is 463 g/mol. The van der Waals surface area contributed by atoms with Crippen LogP contribution >= 0.6 is 0 Å². The molecule has 0 radical (unpaired) electrons. The number of carbonyl (C=O) groups is 1. The predicted molar refractivity (Wildman–Crippen MR) is 118 cm³/mol. The van der Waals surface area contributed by atoms with Crippen molar-refractivity contribution in [2.45, 2.75) is 19.1 Å². The first-order chi connectivity index (χ1) is 16.8. The molecule has 0 fully saturated rings. The largest absolute Gasteiger partial charge is 0.416 e. The Hall–Kier alpha value is -4.61. The Kier molecular flexibility index (Phi) is 5.47. The van der Waals surface area contributed by atoms with E-state index in [1.807, 2.05) is 0 Å². The molecule has 12 heteroatoms. The zero-order chi connectivity index (χ0) is 24.6. The van der Waals surface area contributed by atoms with Gasteiger partial charge < -0.3 is 14.8 Å². The van der Waals surface area contributed by atoms with E-state index in [9.17, 15) is 18.0 Å². The molecule has 2 N–H and O–H groups in total. The zero-order valence-electron chi connectivity index (χ0n) is 18.0. The number of hydrogen-bond acceptors (Lipinski definition) is 7. The van der Waals surface area contributed by atoms with Crippen LogP contribution < -0.4 is 5.32 Å². The van der Waals surface area contributed by atoms with Gasteiger partial charge in [0.1, 0.15) is 17.7 Å². The summed E-state index contributed by atoms with van der Waals surface area (Å²) in [5, 5.41) is 6.71. The van der Waals surface area contributed by atoms with Gasteiger partial charge in [0.25, 0.3) is 5.91 Å². The summed E-state index contributed by atoms with van der Waals surface area (Å²) >= 11 is 0. The molecule has 9 nitrogen and oxygen atoms in total. The highest BCUT2D eigenvalue weighted by Gasteiger charge is 2.31. The van der Waals surface area contributed by atoms with Gasteiger partial charge in [-0.2, -0.15) is 13.2 Å². The van der Waals surface area contributed by atoms with E-state index in [1.54, 1.807) is 43.6 Å². The minimum absolute atomic E-state index is 0.163. The van der Waals surface area contributed by atoms with Gasteiger partial charge in [0.15, 0.2) is 11.6 Å². The van der Waals surface area contributed by atoms with Crippen LogP contribution in [0.5, 0.6) is 0 Å². The zero-order valence-corrected chi connectivity index (χ0v) is 18.0. The lowest BCUT2D eigenvalue weighted by Gasteiger charge is -2.10. The summed E-state index contributed by atoms with van der Waals surface area (Å²) in [5.41, 5.74) is 1.60. The fourth-order valence-corrected chi connectivity index (χ4v) is 3.42. The van der Waals surface area contributed by atoms with E-state index in [0.717, 1.165) is 17.7 Å². The van der Waals surface area contributed by atoms with Crippen molar-refractivity contribution in [1.82, 2.24) is 35.4 Å². The summed E-state index contributed by atoms with van der Waals surface area (Å²) in [4.78, 5) is 32.0. The van der Waals surface area contributed by atoms with E-state index >= 15 is 0 Å². The predicted octanol–water partition coefficient (Wildman–Crippen LogP) is 4.58. The van der Waals surface area contributed by atoms with Gasteiger partial charge in [0.05, 0.1) is 28.3 Å². The van der Waals surface area contributed by atoms with Crippen molar-refractivity contribution in [2.24, 2.45) is 0 Å². The van der Waals surface area contributed by atoms with Gasteiger partial charge in [-0.25, -0.2) is 15.0 Å². The third-order valence-corrected chi connectivity index (χ3v) is 5.23. The molecule has 0 saturated carbocycles. The molecule has 0 saturated heterocycles. The number of fused-ring (bicyclic) bond motifs is 1. The summed E-state index contributed by atoms with van der Waals surface area (Å²) in [6, 6.07) is 9.30. The summed E-state index contributed by atoms with van der Waals surface area (Å²) in [5.74, 6) is 0.121. The molecule has 4 heterocycles. The van der Waals surface area contributed by atoms with Crippen LogP contribution in [-0.4, -0.2) is 36.0 Å². The van der Waals surface area contributed by atoms with E-state index in [4.69, 9.17) is 4.52 Å². The third kappa shape index (κ3) is 4.58. The molecule has 5 aromatic rings. The summed E-state index contributed by atoms with van der Waals surface area (Å²) in [7, 11) is 0. The van der Waals surface area contributed by atoms with E-state index in [2.05, 4.69) is 35.4 Å². The molecule has 0 bridgehead atoms. The van der Waals surface area contributed by atoms with Crippen LogP contribution in [0.1, 0.15) is 34.8 Å². The standard InChI is InChI=1S/C23H16F3N7O2/c1-12(30-22(34)19-9-16(28-11-29-19)13-4-6-27-7-5-13)20-10-18(33-35-20)21-31-15-3-2-14(23(24,25)26)8-17(15)32-21/h2-12H,1H3,(H,30,34)(H,31,32)/t12-/m1/s1. The number of pyridine rings is 1. The number of amides is 1. The molecule has 35 heavy (non-hydrogen) atoms. The van der Waals surface area contributed by atoms with Crippen LogP contribution in [0, 0.1) is 0 Å². The Bertz CT molecular complexity index is 1510. The molecule has 5 rings (SSSR count).